The van der Waals surface area contributed by atoms with Gasteiger partial charge in [0.2, 0.25) is 5.82 Å². The van der Waals surface area contributed by atoms with Crippen LogP contribution in [0.4, 0.5) is 9.39 Å². The molecule has 0 aliphatic heterocycles. The smallest absolute Gasteiger partial charge is 0.268 e. The average molecular weight is 262 g/mol. The van der Waals surface area contributed by atoms with Crippen LogP contribution in [0.2, 0.25) is 0 Å². The topological polar surface area (TPSA) is 77.8 Å². The van der Waals surface area contributed by atoms with Crippen LogP contribution in [0.25, 0.3) is 22.3 Å². The first-order chi connectivity index (χ1) is 8.72. The lowest BCUT2D eigenvalue weighted by atomic mass is 10.3. The Kier molecular flexibility index (Phi) is 2.52. The van der Waals surface area contributed by atoms with E-state index in [9.17, 15) is 4.39 Å². The van der Waals surface area contributed by atoms with E-state index in [1.807, 2.05) is 0 Å². The van der Waals surface area contributed by atoms with Gasteiger partial charge in [-0.2, -0.15) is 4.98 Å². The molecule has 0 aliphatic carbocycles. The Morgan fingerprint density at radius 1 is 1.22 bits per heavy atom. The number of anilines is 1. The van der Waals surface area contributed by atoms with Crippen LogP contribution in [-0.4, -0.2) is 15.1 Å². The molecule has 0 aromatic carbocycles. The van der Waals surface area contributed by atoms with Crippen molar-refractivity contribution in [1.29, 1.82) is 0 Å². The van der Waals surface area contributed by atoms with Gasteiger partial charge in [-0.3, -0.25) is 0 Å². The molecule has 0 saturated carbocycles. The van der Waals surface area contributed by atoms with E-state index in [-0.39, 0.29) is 0 Å². The van der Waals surface area contributed by atoms with E-state index in [1.165, 1.54) is 23.5 Å². The second-order valence-corrected chi connectivity index (χ2v) is 4.60. The lowest BCUT2D eigenvalue weighted by molar-refractivity contribution is 0.433. The highest BCUT2D eigenvalue weighted by atomic mass is 32.1. The number of halogens is 1. The summed E-state index contributed by atoms with van der Waals surface area (Å²) in [6.45, 7) is 0. The maximum absolute atomic E-state index is 12.7. The van der Waals surface area contributed by atoms with Crippen LogP contribution in [-0.2, 0) is 0 Å². The molecule has 3 heterocycles. The van der Waals surface area contributed by atoms with Crippen molar-refractivity contribution in [2.75, 3.05) is 5.73 Å². The van der Waals surface area contributed by atoms with Gasteiger partial charge in [0.05, 0.1) is 16.1 Å². The molecular weight excluding hydrogens is 255 g/mol. The van der Waals surface area contributed by atoms with Crippen molar-refractivity contribution in [2.24, 2.45) is 0 Å². The van der Waals surface area contributed by atoms with Gasteiger partial charge >= 0.3 is 0 Å². The van der Waals surface area contributed by atoms with Crippen molar-refractivity contribution in [3.8, 4) is 22.3 Å². The molecule has 0 spiro atoms. The zero-order valence-corrected chi connectivity index (χ0v) is 9.82. The zero-order valence-electron chi connectivity index (χ0n) is 9.00. The quantitative estimate of drug-likeness (QED) is 0.768. The van der Waals surface area contributed by atoms with Crippen LogP contribution < -0.4 is 5.73 Å². The molecule has 0 aliphatic rings. The molecule has 0 unspecified atom stereocenters. The van der Waals surface area contributed by atoms with Gasteiger partial charge in [-0.25, -0.2) is 9.37 Å². The van der Waals surface area contributed by atoms with Crippen LogP contribution in [0.15, 0.2) is 35.0 Å². The van der Waals surface area contributed by atoms with Crippen LogP contribution >= 0.6 is 11.3 Å². The van der Waals surface area contributed by atoms with E-state index < -0.39 is 5.82 Å². The minimum Gasteiger partial charge on any atom is -0.391 e. The molecule has 18 heavy (non-hydrogen) atoms. The first-order valence-electron chi connectivity index (χ1n) is 5.04. The largest absolute Gasteiger partial charge is 0.391 e. The lowest BCUT2D eigenvalue weighted by Crippen LogP contribution is -1.86. The third-order valence-corrected chi connectivity index (χ3v) is 3.12. The van der Waals surface area contributed by atoms with Gasteiger partial charge in [-0.15, -0.1) is 11.3 Å². The molecule has 3 aromatic rings. The summed E-state index contributed by atoms with van der Waals surface area (Å²) >= 11 is 1.35. The molecule has 0 bridgehead atoms. The molecule has 3 rings (SSSR count). The normalized spacial score (nSPS) is 10.7. The number of nitrogens with zero attached hydrogens (tertiary/aromatic N) is 3. The predicted octanol–water partition coefficient (Wildman–Crippen LogP) is 2.58. The average Bonchev–Trinajstić information content (AvgIpc) is 2.98. The maximum Gasteiger partial charge on any atom is 0.268 e. The van der Waals surface area contributed by atoms with Gasteiger partial charge in [0.1, 0.15) is 11.5 Å². The van der Waals surface area contributed by atoms with Crippen molar-refractivity contribution in [3.63, 3.8) is 0 Å². The molecule has 2 N–H and O–H groups in total. The van der Waals surface area contributed by atoms with Gasteiger partial charge in [0, 0.05) is 0 Å². The Morgan fingerprint density at radius 3 is 2.78 bits per heavy atom. The Bertz CT molecular complexity index is 676. The van der Waals surface area contributed by atoms with E-state index in [2.05, 4.69) is 15.1 Å². The summed E-state index contributed by atoms with van der Waals surface area (Å²) in [6, 6.07) is 6.35. The number of nitrogen functional groups attached to an aromatic ring is 1. The van der Waals surface area contributed by atoms with E-state index in [1.54, 1.807) is 12.1 Å². The predicted molar refractivity (Wildman–Crippen MR) is 65.2 cm³/mol. The van der Waals surface area contributed by atoms with Crippen LogP contribution in [0.1, 0.15) is 0 Å². The molecule has 5 nitrogen and oxygen atoms in total. The molecule has 0 radical (unpaired) electrons. The van der Waals surface area contributed by atoms with Gasteiger partial charge in [-0.05, 0) is 24.3 Å². The van der Waals surface area contributed by atoms with Gasteiger partial charge in [0.25, 0.3) is 5.89 Å². The van der Waals surface area contributed by atoms with E-state index in [0.29, 0.717) is 22.4 Å². The molecule has 0 fully saturated rings. The second kappa shape index (κ2) is 4.19. The number of thiophene rings is 1. The van der Waals surface area contributed by atoms with Crippen molar-refractivity contribution in [3.05, 3.63) is 36.3 Å². The summed E-state index contributed by atoms with van der Waals surface area (Å²) in [4.78, 5) is 8.85. The van der Waals surface area contributed by atoms with Gasteiger partial charge in [0.15, 0.2) is 0 Å². The number of pyridine rings is 1. The Labute approximate surface area is 105 Å². The highest BCUT2D eigenvalue weighted by Crippen LogP contribution is 2.29. The summed E-state index contributed by atoms with van der Waals surface area (Å²) < 4.78 is 17.8. The number of rotatable bonds is 2. The van der Waals surface area contributed by atoms with Gasteiger partial charge in [-0.1, -0.05) is 5.16 Å². The first kappa shape index (κ1) is 10.8. The van der Waals surface area contributed by atoms with Crippen molar-refractivity contribution in [2.45, 2.75) is 0 Å². The van der Waals surface area contributed by atoms with E-state index >= 15 is 0 Å². The van der Waals surface area contributed by atoms with Crippen molar-refractivity contribution in [1.82, 2.24) is 15.1 Å². The third-order valence-electron chi connectivity index (χ3n) is 2.22. The SMILES string of the molecule is Nc1ccc(-c2nc(-c3ccc(F)cn3)no2)s1. The fourth-order valence-corrected chi connectivity index (χ4v) is 2.10. The van der Waals surface area contributed by atoms with Crippen molar-refractivity contribution < 1.29 is 8.91 Å². The van der Waals surface area contributed by atoms with E-state index in [0.717, 1.165) is 11.1 Å². The van der Waals surface area contributed by atoms with Gasteiger partial charge < -0.3 is 10.3 Å². The molecule has 3 aromatic heterocycles. The minimum atomic E-state index is -0.409. The Hall–Kier alpha value is -2.28. The first-order valence-corrected chi connectivity index (χ1v) is 5.85. The summed E-state index contributed by atoms with van der Waals surface area (Å²) in [5, 5.41) is 4.47. The van der Waals surface area contributed by atoms with Crippen LogP contribution in [0.5, 0.6) is 0 Å². The number of hydrogen-bond donors (Lipinski definition) is 1. The summed E-state index contributed by atoms with van der Waals surface area (Å²) in [5.41, 5.74) is 6.08. The molecule has 0 saturated heterocycles. The van der Waals surface area contributed by atoms with E-state index in [4.69, 9.17) is 10.3 Å². The number of hydrogen-bond acceptors (Lipinski definition) is 6. The summed E-state index contributed by atoms with van der Waals surface area (Å²) in [7, 11) is 0. The fourth-order valence-electron chi connectivity index (χ4n) is 1.40. The minimum absolute atomic E-state index is 0.317. The molecule has 0 atom stereocenters. The number of aromatic nitrogens is 3. The number of nitrogens with two attached hydrogens (primary N) is 1. The van der Waals surface area contributed by atoms with Crippen LogP contribution in [0, 0.1) is 5.82 Å². The highest BCUT2D eigenvalue weighted by molar-refractivity contribution is 7.19. The molecule has 90 valence electrons. The zero-order chi connectivity index (χ0) is 12.5. The molecule has 0 amide bonds. The molecular formula is C11H7FN4OS. The molecule has 7 heteroatoms. The lowest BCUT2D eigenvalue weighted by Gasteiger charge is -1.91. The second-order valence-electron chi connectivity index (χ2n) is 3.49. The fraction of sp³-hybridized carbons (Fsp3) is 0. The highest BCUT2D eigenvalue weighted by Gasteiger charge is 2.12. The maximum atomic E-state index is 12.7. The third kappa shape index (κ3) is 1.95. The standard InChI is InChI=1S/C11H7FN4OS/c12-6-1-2-7(14-5-6)10-15-11(17-16-10)8-3-4-9(13)18-8/h1-5H,13H2. The summed E-state index contributed by atoms with van der Waals surface area (Å²) in [5.74, 6) is 0.281. The van der Waals surface area contributed by atoms with Crippen LogP contribution in [0.3, 0.4) is 0 Å². The summed E-state index contributed by atoms with van der Waals surface area (Å²) in [6.07, 6.45) is 1.11. The Balaban J connectivity index is 1.96. The Morgan fingerprint density at radius 2 is 2.11 bits per heavy atom. The monoisotopic (exact) mass is 262 g/mol. The van der Waals surface area contributed by atoms with Crippen molar-refractivity contribution >= 4 is 16.3 Å².